The van der Waals surface area contributed by atoms with E-state index >= 15 is 0 Å². The molecule has 1 fully saturated rings. The summed E-state index contributed by atoms with van der Waals surface area (Å²) in [6, 6.07) is 4.44. The number of aliphatic hydroxyl groups excluding tert-OH is 1. The third-order valence-corrected chi connectivity index (χ3v) is 3.14. The Morgan fingerprint density at radius 1 is 1.58 bits per heavy atom. The van der Waals surface area contributed by atoms with Crippen molar-refractivity contribution in [2.45, 2.75) is 19.8 Å². The number of hydrogen-bond acceptors (Lipinski definition) is 2. The molecular formula is C15H16FNO2. The van der Waals surface area contributed by atoms with E-state index in [1.807, 2.05) is 6.92 Å². The summed E-state index contributed by atoms with van der Waals surface area (Å²) in [7, 11) is 0. The first-order valence-electron chi connectivity index (χ1n) is 6.32. The molecule has 100 valence electrons. The molecule has 0 spiro atoms. The number of amides is 1. The molecule has 2 unspecified atom stereocenters. The molecule has 4 heteroatoms. The van der Waals surface area contributed by atoms with Crippen molar-refractivity contribution in [3.05, 3.63) is 29.6 Å². The third-order valence-electron chi connectivity index (χ3n) is 3.14. The Morgan fingerprint density at radius 3 is 2.89 bits per heavy atom. The highest BCUT2D eigenvalue weighted by Crippen LogP contribution is 2.38. The molecule has 2 atom stereocenters. The van der Waals surface area contributed by atoms with Crippen LogP contribution in [0.1, 0.15) is 25.3 Å². The fourth-order valence-electron chi connectivity index (χ4n) is 1.83. The molecule has 1 aliphatic carbocycles. The fourth-order valence-corrected chi connectivity index (χ4v) is 1.83. The summed E-state index contributed by atoms with van der Waals surface area (Å²) in [6.45, 7) is 1.98. The second-order valence-corrected chi connectivity index (χ2v) is 4.78. The number of anilines is 1. The van der Waals surface area contributed by atoms with Crippen molar-refractivity contribution in [1.82, 2.24) is 0 Å². The standard InChI is InChI=1S/C15H16FNO2/c1-10-8-13(10)15(19)17-12-6-5-11(14(16)9-12)4-2-3-7-18/h5-6,9-10,13,18H,3,7-8H2,1H3,(H,17,19). The second kappa shape index (κ2) is 5.85. The van der Waals surface area contributed by atoms with Gasteiger partial charge in [0.2, 0.25) is 5.91 Å². The molecule has 1 aliphatic rings. The first-order valence-corrected chi connectivity index (χ1v) is 6.32. The highest BCUT2D eigenvalue weighted by atomic mass is 19.1. The zero-order valence-corrected chi connectivity index (χ0v) is 10.7. The lowest BCUT2D eigenvalue weighted by atomic mass is 10.2. The zero-order valence-electron chi connectivity index (χ0n) is 10.7. The third kappa shape index (κ3) is 3.55. The summed E-state index contributed by atoms with van der Waals surface area (Å²) < 4.78 is 13.7. The van der Waals surface area contributed by atoms with Gasteiger partial charge in [0.05, 0.1) is 12.2 Å². The van der Waals surface area contributed by atoms with Crippen molar-refractivity contribution < 1.29 is 14.3 Å². The fraction of sp³-hybridized carbons (Fsp3) is 0.400. The first kappa shape index (κ1) is 13.6. The SMILES string of the molecule is CC1CC1C(=O)Nc1ccc(C#CCCO)c(F)c1. The van der Waals surface area contributed by atoms with Gasteiger partial charge in [-0.1, -0.05) is 18.8 Å². The number of benzene rings is 1. The Morgan fingerprint density at radius 2 is 2.32 bits per heavy atom. The highest BCUT2D eigenvalue weighted by Gasteiger charge is 2.39. The Balaban J connectivity index is 2.02. The predicted molar refractivity (Wildman–Crippen MR) is 70.9 cm³/mol. The number of hydrogen-bond donors (Lipinski definition) is 2. The van der Waals surface area contributed by atoms with Crippen molar-refractivity contribution >= 4 is 11.6 Å². The molecule has 1 aromatic rings. The van der Waals surface area contributed by atoms with E-state index in [1.54, 1.807) is 6.07 Å². The molecular weight excluding hydrogens is 245 g/mol. The first-order chi connectivity index (χ1) is 9.11. The predicted octanol–water partition coefficient (Wildman–Crippen LogP) is 2.15. The molecule has 2 rings (SSSR count). The summed E-state index contributed by atoms with van der Waals surface area (Å²) in [6.07, 6.45) is 1.22. The van der Waals surface area contributed by atoms with Gasteiger partial charge in [0.1, 0.15) is 5.82 Å². The van der Waals surface area contributed by atoms with Gasteiger partial charge in [-0.3, -0.25) is 4.79 Å². The smallest absolute Gasteiger partial charge is 0.227 e. The molecule has 0 saturated heterocycles. The van der Waals surface area contributed by atoms with Crippen molar-refractivity contribution in [3.63, 3.8) is 0 Å². The summed E-state index contributed by atoms with van der Waals surface area (Å²) in [5.41, 5.74) is 0.723. The van der Waals surface area contributed by atoms with Gasteiger partial charge in [-0.05, 0) is 30.5 Å². The average molecular weight is 261 g/mol. The van der Waals surface area contributed by atoms with E-state index in [-0.39, 0.29) is 24.0 Å². The number of rotatable bonds is 3. The van der Waals surface area contributed by atoms with E-state index in [1.165, 1.54) is 12.1 Å². The van der Waals surface area contributed by atoms with Crippen LogP contribution in [-0.2, 0) is 4.79 Å². The van der Waals surface area contributed by atoms with Crippen molar-refractivity contribution in [1.29, 1.82) is 0 Å². The largest absolute Gasteiger partial charge is 0.395 e. The Bertz CT molecular complexity index is 545. The molecule has 1 aromatic carbocycles. The lowest BCUT2D eigenvalue weighted by molar-refractivity contribution is -0.117. The van der Waals surface area contributed by atoms with E-state index in [2.05, 4.69) is 17.2 Å². The molecule has 0 aliphatic heterocycles. The number of carbonyl (C=O) groups excluding carboxylic acids is 1. The summed E-state index contributed by atoms with van der Waals surface area (Å²) in [5, 5.41) is 11.3. The van der Waals surface area contributed by atoms with Crippen LogP contribution in [0, 0.1) is 29.5 Å². The van der Waals surface area contributed by atoms with Crippen LogP contribution in [0.15, 0.2) is 18.2 Å². The molecule has 1 saturated carbocycles. The van der Waals surface area contributed by atoms with Crippen LogP contribution >= 0.6 is 0 Å². The molecule has 0 heterocycles. The molecule has 3 nitrogen and oxygen atoms in total. The van der Waals surface area contributed by atoms with E-state index in [9.17, 15) is 9.18 Å². The van der Waals surface area contributed by atoms with E-state index in [0.29, 0.717) is 18.0 Å². The summed E-state index contributed by atoms with van der Waals surface area (Å²) in [4.78, 5) is 11.7. The number of aliphatic hydroxyl groups is 1. The van der Waals surface area contributed by atoms with Gasteiger partial charge in [0.15, 0.2) is 0 Å². The van der Waals surface area contributed by atoms with Crippen molar-refractivity contribution in [3.8, 4) is 11.8 Å². The molecule has 1 amide bonds. The van der Waals surface area contributed by atoms with Gasteiger partial charge >= 0.3 is 0 Å². The Labute approximate surface area is 111 Å². The van der Waals surface area contributed by atoms with Crippen LogP contribution in [0.4, 0.5) is 10.1 Å². The number of nitrogens with one attached hydrogen (secondary N) is 1. The lowest BCUT2D eigenvalue weighted by Crippen LogP contribution is -2.14. The monoisotopic (exact) mass is 261 g/mol. The summed E-state index contributed by atoms with van der Waals surface area (Å²) >= 11 is 0. The van der Waals surface area contributed by atoms with Crippen LogP contribution in [0.5, 0.6) is 0 Å². The zero-order chi connectivity index (χ0) is 13.8. The topological polar surface area (TPSA) is 49.3 Å². The second-order valence-electron chi connectivity index (χ2n) is 4.78. The van der Waals surface area contributed by atoms with E-state index < -0.39 is 5.82 Å². The normalized spacial score (nSPS) is 20.4. The maximum atomic E-state index is 13.7. The van der Waals surface area contributed by atoms with Gasteiger partial charge in [0.25, 0.3) is 0 Å². The quantitative estimate of drug-likeness (QED) is 0.819. The van der Waals surface area contributed by atoms with Crippen molar-refractivity contribution in [2.75, 3.05) is 11.9 Å². The van der Waals surface area contributed by atoms with Crippen LogP contribution < -0.4 is 5.32 Å². The van der Waals surface area contributed by atoms with Gasteiger partial charge in [-0.25, -0.2) is 4.39 Å². The van der Waals surface area contributed by atoms with Gasteiger partial charge in [-0.2, -0.15) is 0 Å². The summed E-state index contributed by atoms with van der Waals surface area (Å²) in [5.74, 6) is 5.27. The highest BCUT2D eigenvalue weighted by molar-refractivity contribution is 5.94. The minimum atomic E-state index is -0.466. The maximum Gasteiger partial charge on any atom is 0.227 e. The molecule has 2 N–H and O–H groups in total. The molecule has 0 bridgehead atoms. The van der Waals surface area contributed by atoms with Crippen LogP contribution in [0.25, 0.3) is 0 Å². The number of halogens is 1. The molecule has 0 radical (unpaired) electrons. The Kier molecular flexibility index (Phi) is 4.18. The van der Waals surface area contributed by atoms with Crippen LogP contribution in [0.3, 0.4) is 0 Å². The van der Waals surface area contributed by atoms with Gasteiger partial charge in [-0.15, -0.1) is 0 Å². The van der Waals surface area contributed by atoms with Crippen LogP contribution in [0.2, 0.25) is 0 Å². The maximum absolute atomic E-state index is 13.7. The lowest BCUT2D eigenvalue weighted by Gasteiger charge is -2.05. The molecule has 0 aromatic heterocycles. The van der Waals surface area contributed by atoms with Crippen LogP contribution in [-0.4, -0.2) is 17.6 Å². The van der Waals surface area contributed by atoms with Gasteiger partial charge in [0, 0.05) is 18.0 Å². The average Bonchev–Trinajstić information content (AvgIpc) is 3.09. The van der Waals surface area contributed by atoms with Gasteiger partial charge < -0.3 is 10.4 Å². The minimum Gasteiger partial charge on any atom is -0.395 e. The van der Waals surface area contributed by atoms with Crippen molar-refractivity contribution in [2.24, 2.45) is 11.8 Å². The minimum absolute atomic E-state index is 0.0394. The number of carbonyl (C=O) groups is 1. The van der Waals surface area contributed by atoms with E-state index in [4.69, 9.17) is 5.11 Å². The van der Waals surface area contributed by atoms with E-state index in [0.717, 1.165) is 6.42 Å². The Hall–Kier alpha value is -1.86. The molecule has 19 heavy (non-hydrogen) atoms.